The molecule has 0 aliphatic carbocycles. The van der Waals surface area contributed by atoms with Gasteiger partial charge in [0.25, 0.3) is 5.91 Å². The number of halogens is 2. The molecule has 2 aromatic carbocycles. The van der Waals surface area contributed by atoms with Crippen molar-refractivity contribution in [1.82, 2.24) is 5.32 Å². The van der Waals surface area contributed by atoms with Gasteiger partial charge in [0.15, 0.2) is 0 Å². The Hall–Kier alpha value is -2.20. The van der Waals surface area contributed by atoms with E-state index in [4.69, 9.17) is 11.6 Å². The number of amides is 1. The van der Waals surface area contributed by atoms with Crippen LogP contribution < -0.4 is 5.32 Å². The second-order valence-corrected chi connectivity index (χ2v) is 5.63. The SMILES string of the molecule is O=C[C@@H](CCCc1ccccc1)NC(=O)c1ccc(F)c(Cl)c1. The first kappa shape index (κ1) is 17.2. The van der Waals surface area contributed by atoms with Crippen molar-refractivity contribution in [3.8, 4) is 0 Å². The Morgan fingerprint density at radius 2 is 1.96 bits per heavy atom. The van der Waals surface area contributed by atoms with Gasteiger partial charge in [0.2, 0.25) is 0 Å². The standard InChI is InChI=1S/C18H17ClFNO2/c19-16-11-14(9-10-17(16)20)18(23)21-15(12-22)8-4-7-13-5-2-1-3-6-13/h1-3,5-6,9-12,15H,4,7-8H2,(H,21,23)/t15-/m1/s1. The topological polar surface area (TPSA) is 46.2 Å². The number of rotatable bonds is 7. The van der Waals surface area contributed by atoms with Crippen molar-refractivity contribution in [2.45, 2.75) is 25.3 Å². The van der Waals surface area contributed by atoms with Crippen molar-refractivity contribution in [1.29, 1.82) is 0 Å². The van der Waals surface area contributed by atoms with E-state index in [1.807, 2.05) is 30.3 Å². The highest BCUT2D eigenvalue weighted by Gasteiger charge is 2.14. The van der Waals surface area contributed by atoms with Crippen LogP contribution in [0.25, 0.3) is 0 Å². The fourth-order valence-corrected chi connectivity index (χ4v) is 2.41. The minimum atomic E-state index is -0.585. The summed E-state index contributed by atoms with van der Waals surface area (Å²) in [5, 5.41) is 2.51. The van der Waals surface area contributed by atoms with Crippen molar-refractivity contribution in [2.24, 2.45) is 0 Å². The minimum absolute atomic E-state index is 0.121. The molecule has 2 rings (SSSR count). The Bertz CT molecular complexity index is 676. The molecule has 23 heavy (non-hydrogen) atoms. The van der Waals surface area contributed by atoms with Crippen LogP contribution in [0, 0.1) is 5.82 Å². The van der Waals surface area contributed by atoms with Gasteiger partial charge in [0.05, 0.1) is 11.1 Å². The molecular weight excluding hydrogens is 317 g/mol. The normalized spacial score (nSPS) is 11.7. The Balaban J connectivity index is 1.87. The molecule has 1 amide bonds. The lowest BCUT2D eigenvalue weighted by Gasteiger charge is -2.13. The Morgan fingerprint density at radius 3 is 2.61 bits per heavy atom. The zero-order valence-electron chi connectivity index (χ0n) is 12.5. The van der Waals surface area contributed by atoms with Crippen LogP contribution in [0.3, 0.4) is 0 Å². The average Bonchev–Trinajstić information content (AvgIpc) is 2.57. The van der Waals surface area contributed by atoms with Crippen molar-refractivity contribution in [2.75, 3.05) is 0 Å². The van der Waals surface area contributed by atoms with Gasteiger partial charge in [-0.15, -0.1) is 0 Å². The van der Waals surface area contributed by atoms with Crippen LogP contribution in [0.2, 0.25) is 5.02 Å². The summed E-state index contributed by atoms with van der Waals surface area (Å²) < 4.78 is 13.1. The lowest BCUT2D eigenvalue weighted by molar-refractivity contribution is -0.109. The number of hydrogen-bond donors (Lipinski definition) is 1. The summed E-state index contributed by atoms with van der Waals surface area (Å²) in [6.07, 6.45) is 2.87. The second kappa shape index (κ2) is 8.44. The molecule has 0 unspecified atom stereocenters. The van der Waals surface area contributed by atoms with Gasteiger partial charge in [-0.2, -0.15) is 0 Å². The maximum atomic E-state index is 13.1. The molecule has 1 N–H and O–H groups in total. The van der Waals surface area contributed by atoms with Crippen LogP contribution in [-0.4, -0.2) is 18.2 Å². The fourth-order valence-electron chi connectivity index (χ4n) is 2.23. The third-order valence-electron chi connectivity index (χ3n) is 3.49. The zero-order chi connectivity index (χ0) is 16.7. The third kappa shape index (κ3) is 5.18. The number of carbonyl (C=O) groups is 2. The largest absolute Gasteiger partial charge is 0.343 e. The summed E-state index contributed by atoms with van der Waals surface area (Å²) in [5.74, 6) is -1.03. The lowest BCUT2D eigenvalue weighted by atomic mass is 10.0. The zero-order valence-corrected chi connectivity index (χ0v) is 13.2. The molecule has 2 aromatic rings. The van der Waals surface area contributed by atoms with E-state index in [0.29, 0.717) is 12.7 Å². The molecule has 0 bridgehead atoms. The molecule has 0 radical (unpaired) electrons. The molecule has 0 heterocycles. The van der Waals surface area contributed by atoms with Crippen LogP contribution in [-0.2, 0) is 11.2 Å². The molecule has 3 nitrogen and oxygen atoms in total. The average molecular weight is 334 g/mol. The van der Waals surface area contributed by atoms with Gasteiger partial charge < -0.3 is 10.1 Å². The van der Waals surface area contributed by atoms with Crippen LogP contribution >= 0.6 is 11.6 Å². The van der Waals surface area contributed by atoms with E-state index < -0.39 is 17.8 Å². The van der Waals surface area contributed by atoms with Crippen LogP contribution in [0.1, 0.15) is 28.8 Å². The molecule has 0 saturated carbocycles. The highest BCUT2D eigenvalue weighted by molar-refractivity contribution is 6.31. The number of carbonyl (C=O) groups excluding carboxylic acids is 2. The van der Waals surface area contributed by atoms with Crippen LogP contribution in [0.4, 0.5) is 4.39 Å². The quantitative estimate of drug-likeness (QED) is 0.783. The summed E-state index contributed by atoms with van der Waals surface area (Å²) in [7, 11) is 0. The monoisotopic (exact) mass is 333 g/mol. The van der Waals surface area contributed by atoms with E-state index in [0.717, 1.165) is 18.9 Å². The van der Waals surface area contributed by atoms with Crippen molar-refractivity contribution in [3.63, 3.8) is 0 Å². The van der Waals surface area contributed by atoms with Crippen molar-refractivity contribution in [3.05, 3.63) is 70.5 Å². The van der Waals surface area contributed by atoms with E-state index in [1.165, 1.54) is 17.7 Å². The molecule has 120 valence electrons. The summed E-state index contributed by atoms with van der Waals surface area (Å²) in [4.78, 5) is 23.2. The number of hydrogen-bond acceptors (Lipinski definition) is 2. The summed E-state index contributed by atoms with van der Waals surface area (Å²) >= 11 is 5.66. The Kier molecular flexibility index (Phi) is 6.29. The minimum Gasteiger partial charge on any atom is -0.343 e. The smallest absolute Gasteiger partial charge is 0.251 e. The van der Waals surface area contributed by atoms with Gasteiger partial charge in [-0.05, 0) is 43.0 Å². The molecule has 0 spiro atoms. The summed E-state index contributed by atoms with van der Waals surface area (Å²) in [6.45, 7) is 0. The lowest BCUT2D eigenvalue weighted by Crippen LogP contribution is -2.36. The third-order valence-corrected chi connectivity index (χ3v) is 3.78. The predicted molar refractivity (Wildman–Crippen MR) is 88.1 cm³/mol. The van der Waals surface area contributed by atoms with Crippen LogP contribution in [0.15, 0.2) is 48.5 Å². The highest BCUT2D eigenvalue weighted by Crippen LogP contribution is 2.16. The summed E-state index contributed by atoms with van der Waals surface area (Å²) in [5.41, 5.74) is 1.42. The maximum Gasteiger partial charge on any atom is 0.251 e. The van der Waals surface area contributed by atoms with Gasteiger partial charge in [-0.3, -0.25) is 4.79 Å². The molecule has 0 saturated heterocycles. The van der Waals surface area contributed by atoms with Crippen molar-refractivity contribution < 1.29 is 14.0 Å². The number of aryl methyl sites for hydroxylation is 1. The van der Waals surface area contributed by atoms with Crippen LogP contribution in [0.5, 0.6) is 0 Å². The molecule has 5 heteroatoms. The highest BCUT2D eigenvalue weighted by atomic mass is 35.5. The predicted octanol–water partition coefficient (Wildman–Crippen LogP) is 3.80. The maximum absolute atomic E-state index is 13.1. The molecule has 0 aliphatic rings. The van der Waals surface area contributed by atoms with E-state index in [-0.39, 0.29) is 10.6 Å². The molecular formula is C18H17ClFNO2. The van der Waals surface area contributed by atoms with E-state index in [2.05, 4.69) is 5.32 Å². The van der Waals surface area contributed by atoms with Gasteiger partial charge in [-0.1, -0.05) is 41.9 Å². The Labute approximate surface area is 139 Å². The van der Waals surface area contributed by atoms with Gasteiger partial charge in [0.1, 0.15) is 12.1 Å². The first-order chi connectivity index (χ1) is 11.1. The van der Waals surface area contributed by atoms with Gasteiger partial charge >= 0.3 is 0 Å². The van der Waals surface area contributed by atoms with E-state index in [9.17, 15) is 14.0 Å². The summed E-state index contributed by atoms with van der Waals surface area (Å²) in [6, 6.07) is 13.1. The first-order valence-electron chi connectivity index (χ1n) is 7.35. The van der Waals surface area contributed by atoms with E-state index in [1.54, 1.807) is 0 Å². The van der Waals surface area contributed by atoms with Gasteiger partial charge in [0, 0.05) is 5.56 Å². The molecule has 1 atom stereocenters. The number of nitrogens with one attached hydrogen (secondary N) is 1. The van der Waals surface area contributed by atoms with Crippen molar-refractivity contribution >= 4 is 23.8 Å². The number of aldehydes is 1. The Morgan fingerprint density at radius 1 is 1.22 bits per heavy atom. The fraction of sp³-hybridized carbons (Fsp3) is 0.222. The van der Waals surface area contributed by atoms with E-state index >= 15 is 0 Å². The van der Waals surface area contributed by atoms with Gasteiger partial charge in [-0.25, -0.2) is 4.39 Å². The molecule has 0 aromatic heterocycles. The molecule has 0 fully saturated rings. The second-order valence-electron chi connectivity index (χ2n) is 5.22. The number of benzene rings is 2. The first-order valence-corrected chi connectivity index (χ1v) is 7.73. The molecule has 0 aliphatic heterocycles.